The zero-order valence-electron chi connectivity index (χ0n) is 12.3. The Kier molecular flexibility index (Phi) is 6.60. The minimum absolute atomic E-state index is 0.330. The lowest BCUT2D eigenvalue weighted by Gasteiger charge is -2.14. The van der Waals surface area contributed by atoms with Crippen molar-refractivity contribution in [3.8, 4) is 0 Å². The average Bonchev–Trinajstić information content (AvgIpc) is 2.33. The van der Waals surface area contributed by atoms with Gasteiger partial charge in [0.2, 0.25) is 10.0 Å². The van der Waals surface area contributed by atoms with E-state index in [1.54, 1.807) is 13.0 Å². The van der Waals surface area contributed by atoms with E-state index in [2.05, 4.69) is 26.0 Å². The van der Waals surface area contributed by atoms with E-state index in [4.69, 9.17) is 0 Å². The zero-order valence-corrected chi connectivity index (χ0v) is 14.7. The second-order valence-corrected chi connectivity index (χ2v) is 7.52. The molecule has 0 bridgehead atoms. The van der Waals surface area contributed by atoms with Crippen LogP contribution in [0.3, 0.4) is 0 Å². The van der Waals surface area contributed by atoms with Crippen molar-refractivity contribution in [2.75, 3.05) is 34.2 Å². The molecule has 0 amide bonds. The number of hydrogen-bond donors (Lipinski definition) is 2. The van der Waals surface area contributed by atoms with E-state index in [-0.39, 0.29) is 0 Å². The van der Waals surface area contributed by atoms with E-state index in [0.717, 1.165) is 15.6 Å². The van der Waals surface area contributed by atoms with Crippen molar-refractivity contribution in [3.05, 3.63) is 27.7 Å². The molecule has 0 aliphatic heterocycles. The van der Waals surface area contributed by atoms with Gasteiger partial charge >= 0.3 is 0 Å². The van der Waals surface area contributed by atoms with Gasteiger partial charge in [-0.1, -0.05) is 15.9 Å². The topological polar surface area (TPSA) is 61.4 Å². The van der Waals surface area contributed by atoms with E-state index >= 15 is 0 Å². The Balaban J connectivity index is 3.04. The second kappa shape index (κ2) is 7.51. The number of likely N-dealkylation sites (N-methyl/N-ethyl adjacent to an activating group) is 1. The first-order valence-corrected chi connectivity index (χ1v) is 8.63. The lowest BCUT2D eigenvalue weighted by atomic mass is 10.1. The maximum absolute atomic E-state index is 12.4. The van der Waals surface area contributed by atoms with Crippen molar-refractivity contribution in [1.29, 1.82) is 0 Å². The van der Waals surface area contributed by atoms with Crippen molar-refractivity contribution >= 4 is 26.0 Å². The van der Waals surface area contributed by atoms with Crippen LogP contribution in [-0.2, 0) is 16.6 Å². The first kappa shape index (κ1) is 17.6. The van der Waals surface area contributed by atoms with Gasteiger partial charge in [0.05, 0.1) is 4.90 Å². The molecule has 5 nitrogen and oxygen atoms in total. The highest BCUT2D eigenvalue weighted by Gasteiger charge is 2.19. The van der Waals surface area contributed by atoms with Crippen LogP contribution in [0.15, 0.2) is 21.5 Å². The molecule has 0 saturated heterocycles. The molecule has 0 unspecified atom stereocenters. The van der Waals surface area contributed by atoms with Gasteiger partial charge in [0, 0.05) is 24.1 Å². The number of halogens is 1. The molecular formula is C13H22BrN3O2S. The summed E-state index contributed by atoms with van der Waals surface area (Å²) in [7, 11) is 2.16. The van der Waals surface area contributed by atoms with Crippen LogP contribution >= 0.6 is 15.9 Å². The summed E-state index contributed by atoms with van der Waals surface area (Å²) in [5, 5.41) is 3.02. The number of nitrogens with one attached hydrogen (secondary N) is 2. The fourth-order valence-corrected chi connectivity index (χ4v) is 3.75. The van der Waals surface area contributed by atoms with Gasteiger partial charge in [-0.25, -0.2) is 13.1 Å². The standard InChI is InChI=1S/C13H22BrN3O2S/c1-10-12(14)7-11(9-15-2)8-13(10)20(18,19)16-5-6-17(3)4/h7-8,15-16H,5-6,9H2,1-4H3. The molecule has 0 aromatic heterocycles. The van der Waals surface area contributed by atoms with Gasteiger partial charge in [-0.05, 0) is 51.3 Å². The molecule has 0 aliphatic rings. The van der Waals surface area contributed by atoms with Gasteiger partial charge < -0.3 is 10.2 Å². The quantitative estimate of drug-likeness (QED) is 0.766. The molecule has 0 atom stereocenters. The van der Waals surface area contributed by atoms with Gasteiger partial charge in [0.1, 0.15) is 0 Å². The maximum Gasteiger partial charge on any atom is 0.240 e. The lowest BCUT2D eigenvalue weighted by molar-refractivity contribution is 0.412. The van der Waals surface area contributed by atoms with E-state index < -0.39 is 10.0 Å². The highest BCUT2D eigenvalue weighted by atomic mass is 79.9. The Morgan fingerprint density at radius 2 is 1.95 bits per heavy atom. The summed E-state index contributed by atoms with van der Waals surface area (Å²) < 4.78 is 28.2. The van der Waals surface area contributed by atoms with Crippen LogP contribution < -0.4 is 10.0 Å². The van der Waals surface area contributed by atoms with Crippen LogP contribution in [0.5, 0.6) is 0 Å². The first-order chi connectivity index (χ1) is 9.27. The van der Waals surface area contributed by atoms with Gasteiger partial charge in [-0.2, -0.15) is 0 Å². The largest absolute Gasteiger partial charge is 0.316 e. The minimum Gasteiger partial charge on any atom is -0.316 e. The summed E-state index contributed by atoms with van der Waals surface area (Å²) in [6.45, 7) is 3.48. The predicted molar refractivity (Wildman–Crippen MR) is 85.4 cm³/mol. The average molecular weight is 364 g/mol. The minimum atomic E-state index is -3.48. The van der Waals surface area contributed by atoms with Crippen LogP contribution in [0.4, 0.5) is 0 Å². The summed E-state index contributed by atoms with van der Waals surface area (Å²) in [6.07, 6.45) is 0. The van der Waals surface area contributed by atoms with E-state index in [1.807, 2.05) is 32.1 Å². The lowest BCUT2D eigenvalue weighted by Crippen LogP contribution is -2.31. The summed E-state index contributed by atoms with van der Waals surface area (Å²) in [4.78, 5) is 2.26. The number of sulfonamides is 1. The van der Waals surface area contributed by atoms with Crippen LogP contribution in [0.2, 0.25) is 0 Å². The predicted octanol–water partition coefficient (Wildman–Crippen LogP) is 1.32. The first-order valence-electron chi connectivity index (χ1n) is 6.36. The van der Waals surface area contributed by atoms with E-state index in [9.17, 15) is 8.42 Å². The van der Waals surface area contributed by atoms with Gasteiger partial charge in [-0.3, -0.25) is 0 Å². The fraction of sp³-hybridized carbons (Fsp3) is 0.538. The number of benzene rings is 1. The van der Waals surface area contributed by atoms with Crippen molar-refractivity contribution in [1.82, 2.24) is 14.9 Å². The Morgan fingerprint density at radius 1 is 1.30 bits per heavy atom. The molecule has 0 radical (unpaired) electrons. The molecule has 0 aliphatic carbocycles. The Hall–Kier alpha value is -0.470. The molecule has 0 saturated carbocycles. The van der Waals surface area contributed by atoms with Gasteiger partial charge in [0.25, 0.3) is 0 Å². The number of rotatable bonds is 7. The SMILES string of the molecule is CNCc1cc(Br)c(C)c(S(=O)(=O)NCCN(C)C)c1. The summed E-state index contributed by atoms with van der Waals surface area (Å²) in [6, 6.07) is 3.65. The smallest absolute Gasteiger partial charge is 0.240 e. The van der Waals surface area contributed by atoms with Crippen LogP contribution in [0, 0.1) is 6.92 Å². The van der Waals surface area contributed by atoms with Crippen LogP contribution in [0.25, 0.3) is 0 Å². The molecule has 2 N–H and O–H groups in total. The molecule has 114 valence electrons. The molecule has 0 spiro atoms. The van der Waals surface area contributed by atoms with Crippen molar-refractivity contribution in [3.63, 3.8) is 0 Å². The molecule has 1 aromatic carbocycles. The monoisotopic (exact) mass is 363 g/mol. The Bertz CT molecular complexity index is 559. The molecule has 7 heteroatoms. The van der Waals surface area contributed by atoms with E-state index in [0.29, 0.717) is 24.5 Å². The van der Waals surface area contributed by atoms with Gasteiger partial charge in [0.15, 0.2) is 0 Å². The Morgan fingerprint density at radius 3 is 2.50 bits per heavy atom. The van der Waals surface area contributed by atoms with E-state index in [1.165, 1.54) is 0 Å². The van der Waals surface area contributed by atoms with Crippen LogP contribution in [-0.4, -0.2) is 47.6 Å². The van der Waals surface area contributed by atoms with Crippen molar-refractivity contribution < 1.29 is 8.42 Å². The van der Waals surface area contributed by atoms with Crippen LogP contribution in [0.1, 0.15) is 11.1 Å². The van der Waals surface area contributed by atoms with Crippen molar-refractivity contribution in [2.24, 2.45) is 0 Å². The third kappa shape index (κ3) is 4.82. The number of hydrogen-bond acceptors (Lipinski definition) is 4. The van der Waals surface area contributed by atoms with Gasteiger partial charge in [-0.15, -0.1) is 0 Å². The third-order valence-electron chi connectivity index (χ3n) is 2.88. The second-order valence-electron chi connectivity index (χ2n) is 4.93. The normalized spacial score (nSPS) is 12.1. The zero-order chi connectivity index (χ0) is 15.3. The molecule has 1 aromatic rings. The molecule has 1 rings (SSSR count). The van der Waals surface area contributed by atoms with Crippen molar-refractivity contribution in [2.45, 2.75) is 18.4 Å². The summed E-state index contributed by atoms with van der Waals surface area (Å²) in [5.74, 6) is 0. The highest BCUT2D eigenvalue weighted by molar-refractivity contribution is 9.10. The Labute approximate surface area is 129 Å². The molecule has 0 fully saturated rings. The summed E-state index contributed by atoms with van der Waals surface area (Å²) >= 11 is 3.42. The summed E-state index contributed by atoms with van der Waals surface area (Å²) in [5.41, 5.74) is 1.65. The molecule has 0 heterocycles. The highest BCUT2D eigenvalue weighted by Crippen LogP contribution is 2.25. The fourth-order valence-electron chi connectivity index (χ4n) is 1.77. The molecule has 20 heavy (non-hydrogen) atoms. The number of nitrogens with zero attached hydrogens (tertiary/aromatic N) is 1. The molecular weight excluding hydrogens is 342 g/mol. The maximum atomic E-state index is 12.4. The third-order valence-corrected chi connectivity index (χ3v) is 5.29.